The lowest BCUT2D eigenvalue weighted by atomic mass is 10.1. The van der Waals surface area contributed by atoms with Crippen LogP contribution in [0.15, 0.2) is 54.7 Å². The molecule has 2 N–H and O–H groups in total. The van der Waals surface area contributed by atoms with Crippen molar-refractivity contribution < 1.29 is 14.3 Å². The van der Waals surface area contributed by atoms with Crippen molar-refractivity contribution in [2.45, 2.75) is 19.5 Å². The maximum atomic E-state index is 12.8. The number of amides is 1. The molecule has 1 amide bonds. The van der Waals surface area contributed by atoms with E-state index in [0.29, 0.717) is 37.2 Å². The van der Waals surface area contributed by atoms with E-state index in [1.165, 1.54) is 6.20 Å². The van der Waals surface area contributed by atoms with Gasteiger partial charge in [-0.1, -0.05) is 48.0 Å². The largest absolute Gasteiger partial charge is 0.486 e. The summed E-state index contributed by atoms with van der Waals surface area (Å²) in [6, 6.07) is 15.2. The Morgan fingerprint density at radius 2 is 1.90 bits per heavy atom. The molecule has 4 rings (SSSR count). The van der Waals surface area contributed by atoms with Gasteiger partial charge in [-0.3, -0.25) is 4.79 Å². The summed E-state index contributed by atoms with van der Waals surface area (Å²) in [6.45, 7) is 3.46. The van der Waals surface area contributed by atoms with E-state index < -0.39 is 0 Å². The minimum atomic E-state index is -0.382. The number of hydrogen-bond donors (Lipinski definition) is 2. The van der Waals surface area contributed by atoms with E-state index in [4.69, 9.17) is 21.1 Å². The molecule has 1 aliphatic rings. The molecule has 0 fully saturated rings. The summed E-state index contributed by atoms with van der Waals surface area (Å²) in [5, 5.41) is 6.22. The quantitative estimate of drug-likeness (QED) is 0.622. The first-order valence-electron chi connectivity index (χ1n) is 9.61. The summed E-state index contributed by atoms with van der Waals surface area (Å²) in [5.41, 5.74) is 2.08. The Balaban J connectivity index is 1.44. The summed E-state index contributed by atoms with van der Waals surface area (Å²) in [5.74, 6) is 1.33. The Labute approximate surface area is 179 Å². The molecule has 0 saturated heterocycles. The number of hydrogen-bond acceptors (Lipinski definition) is 6. The van der Waals surface area contributed by atoms with Gasteiger partial charge in [0.05, 0.1) is 17.3 Å². The zero-order valence-corrected chi connectivity index (χ0v) is 17.1. The zero-order chi connectivity index (χ0) is 20.9. The molecule has 0 spiro atoms. The van der Waals surface area contributed by atoms with Crippen LogP contribution in [0.2, 0.25) is 5.02 Å². The molecule has 1 aliphatic heterocycles. The first-order valence-corrected chi connectivity index (χ1v) is 9.98. The fourth-order valence-corrected chi connectivity index (χ4v) is 3.24. The molecule has 2 aromatic carbocycles. The van der Waals surface area contributed by atoms with Gasteiger partial charge in [0.2, 0.25) is 5.95 Å². The Kier molecular flexibility index (Phi) is 5.99. The fraction of sp³-hybridized carbons (Fsp3) is 0.227. The van der Waals surface area contributed by atoms with Crippen LogP contribution in [0, 0.1) is 0 Å². The maximum Gasteiger partial charge on any atom is 0.272 e. The van der Waals surface area contributed by atoms with Gasteiger partial charge in [-0.15, -0.1) is 0 Å². The third kappa shape index (κ3) is 4.63. The van der Waals surface area contributed by atoms with Crippen LogP contribution < -0.4 is 20.1 Å². The van der Waals surface area contributed by atoms with Gasteiger partial charge in [-0.05, 0) is 30.2 Å². The van der Waals surface area contributed by atoms with Crippen molar-refractivity contribution in [3.05, 3.63) is 76.6 Å². The van der Waals surface area contributed by atoms with Crippen LogP contribution in [-0.4, -0.2) is 29.1 Å². The minimum Gasteiger partial charge on any atom is -0.486 e. The van der Waals surface area contributed by atoms with Crippen LogP contribution in [0.25, 0.3) is 0 Å². The molecule has 8 heteroatoms. The average molecular weight is 425 g/mol. The zero-order valence-electron chi connectivity index (χ0n) is 16.4. The second-order valence-electron chi connectivity index (χ2n) is 6.83. The van der Waals surface area contributed by atoms with E-state index in [0.717, 1.165) is 11.1 Å². The molecule has 0 unspecified atom stereocenters. The number of anilines is 1. The van der Waals surface area contributed by atoms with Gasteiger partial charge in [0.15, 0.2) is 17.2 Å². The number of benzene rings is 2. The van der Waals surface area contributed by atoms with E-state index in [1.807, 2.05) is 55.5 Å². The number of rotatable bonds is 6. The molecule has 0 radical (unpaired) electrons. The Morgan fingerprint density at radius 3 is 2.70 bits per heavy atom. The highest BCUT2D eigenvalue weighted by atomic mass is 35.5. The third-order valence-electron chi connectivity index (χ3n) is 4.67. The van der Waals surface area contributed by atoms with Crippen LogP contribution in [0.4, 0.5) is 5.95 Å². The summed E-state index contributed by atoms with van der Waals surface area (Å²) < 4.78 is 11.2. The molecule has 154 valence electrons. The number of carbonyl (C=O) groups is 1. The summed E-state index contributed by atoms with van der Waals surface area (Å²) >= 11 is 6.18. The summed E-state index contributed by atoms with van der Waals surface area (Å²) in [6.07, 6.45) is 1.42. The van der Waals surface area contributed by atoms with Crippen LogP contribution >= 0.6 is 11.6 Å². The third-order valence-corrected chi connectivity index (χ3v) is 4.94. The van der Waals surface area contributed by atoms with Crippen molar-refractivity contribution in [3.8, 4) is 11.5 Å². The van der Waals surface area contributed by atoms with Crippen molar-refractivity contribution in [2.75, 3.05) is 18.5 Å². The van der Waals surface area contributed by atoms with Crippen molar-refractivity contribution in [1.82, 2.24) is 15.3 Å². The molecule has 7 nitrogen and oxygen atoms in total. The number of nitrogens with one attached hydrogen (secondary N) is 2. The second-order valence-corrected chi connectivity index (χ2v) is 7.23. The second kappa shape index (κ2) is 9.00. The van der Waals surface area contributed by atoms with E-state index in [-0.39, 0.29) is 22.7 Å². The highest BCUT2D eigenvalue weighted by molar-refractivity contribution is 6.33. The SMILES string of the molecule is C[C@H](NC(=O)c1nc(NCc2ccccc2)ncc1Cl)c1ccc2c(c1)OCCO2. The first-order chi connectivity index (χ1) is 14.6. The molecule has 1 atom stereocenters. The van der Waals surface area contributed by atoms with Crippen molar-refractivity contribution in [1.29, 1.82) is 0 Å². The average Bonchev–Trinajstić information content (AvgIpc) is 2.78. The van der Waals surface area contributed by atoms with Gasteiger partial charge in [-0.2, -0.15) is 0 Å². The summed E-state index contributed by atoms with van der Waals surface area (Å²) in [4.78, 5) is 21.2. The number of ether oxygens (including phenoxy) is 2. The maximum absolute atomic E-state index is 12.8. The predicted molar refractivity (Wildman–Crippen MR) is 114 cm³/mol. The van der Waals surface area contributed by atoms with Gasteiger partial charge in [0.25, 0.3) is 5.91 Å². The molecule has 2 heterocycles. The molecule has 0 saturated carbocycles. The van der Waals surface area contributed by atoms with Gasteiger partial charge in [0.1, 0.15) is 13.2 Å². The van der Waals surface area contributed by atoms with Crippen LogP contribution in [-0.2, 0) is 6.54 Å². The number of fused-ring (bicyclic) bond motifs is 1. The van der Waals surface area contributed by atoms with E-state index in [2.05, 4.69) is 20.6 Å². The Morgan fingerprint density at radius 1 is 1.13 bits per heavy atom. The smallest absolute Gasteiger partial charge is 0.272 e. The van der Waals surface area contributed by atoms with Crippen LogP contribution in [0.3, 0.4) is 0 Å². The van der Waals surface area contributed by atoms with Crippen molar-refractivity contribution in [3.63, 3.8) is 0 Å². The van der Waals surface area contributed by atoms with E-state index in [9.17, 15) is 4.79 Å². The fourth-order valence-electron chi connectivity index (χ4n) is 3.07. The molecule has 0 aliphatic carbocycles. The van der Waals surface area contributed by atoms with Gasteiger partial charge in [0, 0.05) is 6.54 Å². The number of nitrogens with zero attached hydrogens (tertiary/aromatic N) is 2. The molecular weight excluding hydrogens is 404 g/mol. The highest BCUT2D eigenvalue weighted by Gasteiger charge is 2.19. The monoisotopic (exact) mass is 424 g/mol. The Bertz CT molecular complexity index is 1050. The van der Waals surface area contributed by atoms with E-state index in [1.54, 1.807) is 0 Å². The van der Waals surface area contributed by atoms with Gasteiger partial charge >= 0.3 is 0 Å². The normalized spacial score (nSPS) is 13.4. The number of carbonyl (C=O) groups excluding carboxylic acids is 1. The van der Waals surface area contributed by atoms with Gasteiger partial charge in [-0.25, -0.2) is 9.97 Å². The number of halogens is 1. The number of aromatic nitrogens is 2. The standard InChI is InChI=1S/C22H21ClN4O3/c1-14(16-7-8-18-19(11-16)30-10-9-29-18)26-21(28)20-17(23)13-25-22(27-20)24-12-15-5-3-2-4-6-15/h2-8,11,13-14H,9-10,12H2,1H3,(H,26,28)(H,24,25,27)/t14-/m0/s1. The summed E-state index contributed by atoms with van der Waals surface area (Å²) in [7, 11) is 0. The highest BCUT2D eigenvalue weighted by Crippen LogP contribution is 2.32. The minimum absolute atomic E-state index is 0.117. The topological polar surface area (TPSA) is 85.4 Å². The van der Waals surface area contributed by atoms with Crippen molar-refractivity contribution in [2.24, 2.45) is 0 Å². The van der Waals surface area contributed by atoms with E-state index >= 15 is 0 Å². The molecule has 1 aromatic heterocycles. The van der Waals surface area contributed by atoms with Crippen LogP contribution in [0.1, 0.15) is 34.6 Å². The molecule has 3 aromatic rings. The predicted octanol–water partition coefficient (Wildman–Crippen LogP) is 4.00. The lowest BCUT2D eigenvalue weighted by molar-refractivity contribution is 0.0934. The molecule has 30 heavy (non-hydrogen) atoms. The lowest BCUT2D eigenvalue weighted by Gasteiger charge is -2.21. The lowest BCUT2D eigenvalue weighted by Crippen LogP contribution is -2.28. The van der Waals surface area contributed by atoms with Gasteiger partial charge < -0.3 is 20.1 Å². The van der Waals surface area contributed by atoms with Crippen LogP contribution in [0.5, 0.6) is 11.5 Å². The first kappa shape index (κ1) is 20.0. The Hall–Kier alpha value is -3.32. The molecule has 0 bridgehead atoms. The molecular formula is C22H21ClN4O3. The van der Waals surface area contributed by atoms with Crippen molar-refractivity contribution >= 4 is 23.5 Å².